The van der Waals surface area contributed by atoms with Crippen molar-refractivity contribution in [3.05, 3.63) is 64.7 Å². The van der Waals surface area contributed by atoms with Crippen LogP contribution in [0, 0.1) is 13.8 Å². The summed E-state index contributed by atoms with van der Waals surface area (Å²) in [4.78, 5) is 1.32. The van der Waals surface area contributed by atoms with Gasteiger partial charge in [-0.05, 0) is 36.6 Å². The van der Waals surface area contributed by atoms with Crippen LogP contribution >= 0.6 is 11.8 Å². The van der Waals surface area contributed by atoms with Crippen LogP contribution in [0.3, 0.4) is 0 Å². The molecule has 2 heteroatoms. The molecular weight excluding hydrogens is 252 g/mol. The van der Waals surface area contributed by atoms with Crippen LogP contribution < -0.4 is 0 Å². The topological polar surface area (TPSA) is 20.2 Å². The van der Waals surface area contributed by atoms with E-state index in [1.54, 1.807) is 0 Å². The molecule has 0 radical (unpaired) electrons. The van der Waals surface area contributed by atoms with Crippen molar-refractivity contribution in [1.82, 2.24) is 0 Å². The molecule has 0 spiro atoms. The fourth-order valence-electron chi connectivity index (χ4n) is 2.74. The normalized spacial score (nSPS) is 19.2. The number of hydrogen-bond donors (Lipinski definition) is 1. The zero-order chi connectivity index (χ0) is 13.4. The van der Waals surface area contributed by atoms with Crippen molar-refractivity contribution in [2.75, 3.05) is 5.75 Å². The molecule has 98 valence electrons. The molecule has 1 aliphatic rings. The Kier molecular flexibility index (Phi) is 3.38. The molecule has 2 aromatic carbocycles. The van der Waals surface area contributed by atoms with Crippen LogP contribution in [0.1, 0.15) is 34.3 Å². The minimum Gasteiger partial charge on any atom is -0.388 e. The number of fused-ring (bicyclic) bond motifs is 1. The molecule has 2 unspecified atom stereocenters. The van der Waals surface area contributed by atoms with Crippen molar-refractivity contribution < 1.29 is 5.11 Å². The van der Waals surface area contributed by atoms with E-state index in [2.05, 4.69) is 56.3 Å². The van der Waals surface area contributed by atoms with E-state index >= 15 is 0 Å². The highest BCUT2D eigenvalue weighted by molar-refractivity contribution is 7.99. The summed E-state index contributed by atoms with van der Waals surface area (Å²) < 4.78 is 0. The van der Waals surface area contributed by atoms with E-state index in [1.807, 2.05) is 11.8 Å². The average molecular weight is 270 g/mol. The van der Waals surface area contributed by atoms with Gasteiger partial charge in [-0.15, -0.1) is 11.8 Å². The van der Waals surface area contributed by atoms with Crippen molar-refractivity contribution in [2.45, 2.75) is 30.8 Å². The van der Waals surface area contributed by atoms with Gasteiger partial charge >= 0.3 is 0 Å². The first-order valence-corrected chi connectivity index (χ1v) is 7.62. The van der Waals surface area contributed by atoms with Crippen molar-refractivity contribution in [1.29, 1.82) is 0 Å². The second kappa shape index (κ2) is 5.03. The summed E-state index contributed by atoms with van der Waals surface area (Å²) in [6.45, 7) is 4.15. The van der Waals surface area contributed by atoms with Crippen LogP contribution in [0.2, 0.25) is 0 Å². The zero-order valence-electron chi connectivity index (χ0n) is 11.3. The molecule has 0 fully saturated rings. The van der Waals surface area contributed by atoms with Gasteiger partial charge in [0.15, 0.2) is 0 Å². The zero-order valence-corrected chi connectivity index (χ0v) is 12.1. The van der Waals surface area contributed by atoms with Gasteiger partial charge in [-0.2, -0.15) is 0 Å². The predicted octanol–water partition coefficient (Wildman–Crippen LogP) is 4.23. The molecule has 1 heterocycles. The van der Waals surface area contributed by atoms with Crippen LogP contribution in [-0.4, -0.2) is 10.9 Å². The van der Waals surface area contributed by atoms with E-state index in [0.29, 0.717) is 0 Å². The van der Waals surface area contributed by atoms with Crippen molar-refractivity contribution >= 4 is 11.8 Å². The van der Waals surface area contributed by atoms with E-state index in [1.165, 1.54) is 21.6 Å². The molecule has 0 aromatic heterocycles. The third-order valence-corrected chi connectivity index (χ3v) is 5.08. The fourth-order valence-corrected chi connectivity index (χ4v) is 4.03. The lowest BCUT2D eigenvalue weighted by atomic mass is 9.88. The van der Waals surface area contributed by atoms with E-state index in [-0.39, 0.29) is 5.92 Å². The van der Waals surface area contributed by atoms with Gasteiger partial charge in [0.1, 0.15) is 0 Å². The number of hydrogen-bond acceptors (Lipinski definition) is 2. The highest BCUT2D eigenvalue weighted by Gasteiger charge is 2.30. The van der Waals surface area contributed by atoms with Crippen LogP contribution in [0.4, 0.5) is 0 Å². The summed E-state index contributed by atoms with van der Waals surface area (Å²) in [6, 6.07) is 14.7. The highest BCUT2D eigenvalue weighted by Crippen LogP contribution is 2.45. The average Bonchev–Trinajstić information content (AvgIpc) is 2.84. The van der Waals surface area contributed by atoms with Gasteiger partial charge in [-0.25, -0.2) is 0 Å². The van der Waals surface area contributed by atoms with Gasteiger partial charge in [-0.3, -0.25) is 0 Å². The van der Waals surface area contributed by atoms with E-state index in [4.69, 9.17) is 0 Å². The molecular formula is C17H18OS. The molecule has 19 heavy (non-hydrogen) atoms. The quantitative estimate of drug-likeness (QED) is 0.881. The lowest BCUT2D eigenvalue weighted by molar-refractivity contribution is 0.153. The van der Waals surface area contributed by atoms with Gasteiger partial charge in [-0.1, -0.05) is 42.0 Å². The monoisotopic (exact) mass is 270 g/mol. The molecule has 2 atom stereocenters. The second-order valence-corrected chi connectivity index (χ2v) is 6.32. The summed E-state index contributed by atoms with van der Waals surface area (Å²) in [7, 11) is 0. The molecule has 0 aliphatic carbocycles. The van der Waals surface area contributed by atoms with Crippen LogP contribution in [-0.2, 0) is 0 Å². The highest BCUT2D eigenvalue weighted by atomic mass is 32.2. The van der Waals surface area contributed by atoms with Gasteiger partial charge in [0, 0.05) is 16.6 Å². The Labute approximate surface area is 118 Å². The Hall–Kier alpha value is -1.25. The van der Waals surface area contributed by atoms with Crippen LogP contribution in [0.25, 0.3) is 0 Å². The Balaban J connectivity index is 1.97. The molecule has 1 nitrogen and oxygen atoms in total. The van der Waals surface area contributed by atoms with Crippen molar-refractivity contribution in [2.24, 2.45) is 0 Å². The fraction of sp³-hybridized carbons (Fsp3) is 0.294. The van der Waals surface area contributed by atoms with E-state index in [0.717, 1.165) is 11.3 Å². The third kappa shape index (κ3) is 2.31. The van der Waals surface area contributed by atoms with Gasteiger partial charge in [0.25, 0.3) is 0 Å². The maximum Gasteiger partial charge on any atom is 0.0869 e. The number of thioether (sulfide) groups is 1. The maximum atomic E-state index is 10.8. The maximum absolute atomic E-state index is 10.8. The number of aryl methyl sites for hydroxylation is 2. The van der Waals surface area contributed by atoms with Crippen LogP contribution in [0.5, 0.6) is 0 Å². The molecule has 1 N–H and O–H groups in total. The van der Waals surface area contributed by atoms with Crippen molar-refractivity contribution in [3.8, 4) is 0 Å². The predicted molar refractivity (Wildman–Crippen MR) is 80.8 cm³/mol. The molecule has 0 saturated carbocycles. The standard InChI is InChI=1S/C17H18OS/c1-11-7-8-12(2)14(9-11)17(18)15-10-19-16-6-4-3-5-13(15)16/h3-9,15,17-18H,10H2,1-2H3. The molecule has 0 bridgehead atoms. The summed E-state index contributed by atoms with van der Waals surface area (Å²) in [6.07, 6.45) is -0.406. The summed E-state index contributed by atoms with van der Waals surface area (Å²) >= 11 is 1.85. The van der Waals surface area contributed by atoms with E-state index < -0.39 is 6.10 Å². The smallest absolute Gasteiger partial charge is 0.0869 e. The minimum atomic E-state index is -0.406. The SMILES string of the molecule is Cc1ccc(C)c(C(O)C2CSc3ccccc32)c1. The minimum absolute atomic E-state index is 0.210. The third-order valence-electron chi connectivity index (χ3n) is 3.87. The summed E-state index contributed by atoms with van der Waals surface area (Å²) in [5, 5.41) is 10.8. The van der Waals surface area contributed by atoms with Gasteiger partial charge < -0.3 is 5.11 Å². The lowest BCUT2D eigenvalue weighted by Crippen LogP contribution is -2.12. The van der Waals surface area contributed by atoms with Gasteiger partial charge in [0.2, 0.25) is 0 Å². The van der Waals surface area contributed by atoms with E-state index in [9.17, 15) is 5.11 Å². The lowest BCUT2D eigenvalue weighted by Gasteiger charge is -2.21. The second-order valence-electron chi connectivity index (χ2n) is 5.26. The Morgan fingerprint density at radius 1 is 1.16 bits per heavy atom. The Morgan fingerprint density at radius 3 is 2.79 bits per heavy atom. The molecule has 0 saturated heterocycles. The number of rotatable bonds is 2. The summed E-state index contributed by atoms with van der Waals surface area (Å²) in [5.74, 6) is 1.18. The number of aliphatic hydroxyl groups is 1. The summed E-state index contributed by atoms with van der Waals surface area (Å²) in [5.41, 5.74) is 4.74. The molecule has 3 rings (SSSR count). The van der Waals surface area contributed by atoms with Crippen LogP contribution in [0.15, 0.2) is 47.4 Å². The number of aliphatic hydroxyl groups excluding tert-OH is 1. The first-order valence-electron chi connectivity index (χ1n) is 6.64. The molecule has 1 aliphatic heterocycles. The Bertz CT molecular complexity index is 606. The molecule has 0 amide bonds. The Morgan fingerprint density at radius 2 is 1.95 bits per heavy atom. The number of benzene rings is 2. The van der Waals surface area contributed by atoms with Crippen molar-refractivity contribution in [3.63, 3.8) is 0 Å². The van der Waals surface area contributed by atoms with Gasteiger partial charge in [0.05, 0.1) is 6.10 Å². The largest absolute Gasteiger partial charge is 0.388 e. The molecule has 2 aromatic rings. The first kappa shape index (κ1) is 12.8. The first-order chi connectivity index (χ1) is 9.16.